The van der Waals surface area contributed by atoms with Gasteiger partial charge in [-0.25, -0.2) is 9.59 Å². The lowest BCUT2D eigenvalue weighted by atomic mass is 10.2. The Morgan fingerprint density at radius 1 is 1.41 bits per heavy atom. The van der Waals surface area contributed by atoms with Crippen LogP contribution in [0.5, 0.6) is 0 Å². The highest BCUT2D eigenvalue weighted by molar-refractivity contribution is 5.93. The van der Waals surface area contributed by atoms with Crippen LogP contribution in [-0.4, -0.2) is 23.1 Å². The second-order valence-electron chi connectivity index (χ2n) is 4.30. The molecule has 0 aromatic heterocycles. The zero-order chi connectivity index (χ0) is 12.4. The topological polar surface area (TPSA) is 78.4 Å². The van der Waals surface area contributed by atoms with Crippen molar-refractivity contribution in [3.05, 3.63) is 29.8 Å². The summed E-state index contributed by atoms with van der Waals surface area (Å²) in [5.74, 6) is -0.476. The largest absolute Gasteiger partial charge is 0.478 e. The average Bonchev–Trinajstić information content (AvgIpc) is 2.94. The maximum atomic E-state index is 11.5. The summed E-state index contributed by atoms with van der Waals surface area (Å²) in [5, 5.41) is 14.2. The zero-order valence-corrected chi connectivity index (χ0v) is 9.43. The first-order valence-corrected chi connectivity index (χ1v) is 5.47. The smallest absolute Gasteiger partial charge is 0.335 e. The molecule has 2 atom stereocenters. The Hall–Kier alpha value is -2.04. The van der Waals surface area contributed by atoms with E-state index in [1.165, 1.54) is 12.1 Å². The molecule has 17 heavy (non-hydrogen) atoms. The number of nitrogens with one attached hydrogen (secondary N) is 2. The van der Waals surface area contributed by atoms with Gasteiger partial charge in [0.2, 0.25) is 0 Å². The van der Waals surface area contributed by atoms with E-state index >= 15 is 0 Å². The molecule has 0 aliphatic heterocycles. The van der Waals surface area contributed by atoms with Gasteiger partial charge in [0.25, 0.3) is 0 Å². The van der Waals surface area contributed by atoms with Crippen molar-refractivity contribution in [3.63, 3.8) is 0 Å². The number of amides is 2. The van der Waals surface area contributed by atoms with E-state index in [4.69, 9.17) is 5.11 Å². The number of carboxylic acid groups (broad SMARTS) is 1. The zero-order valence-electron chi connectivity index (χ0n) is 9.43. The van der Waals surface area contributed by atoms with Crippen molar-refractivity contribution in [2.75, 3.05) is 5.32 Å². The third-order valence-corrected chi connectivity index (χ3v) is 2.79. The SMILES string of the molecule is CC1CC1NC(=O)Nc1cccc(C(=O)O)c1. The molecule has 5 nitrogen and oxygen atoms in total. The number of carboxylic acids is 1. The molecule has 0 heterocycles. The molecule has 90 valence electrons. The molecule has 3 N–H and O–H groups in total. The summed E-state index contributed by atoms with van der Waals surface area (Å²) < 4.78 is 0. The molecule has 1 fully saturated rings. The second-order valence-corrected chi connectivity index (χ2v) is 4.30. The van der Waals surface area contributed by atoms with Gasteiger partial charge in [-0.05, 0) is 30.5 Å². The average molecular weight is 234 g/mol. The molecule has 0 bridgehead atoms. The van der Waals surface area contributed by atoms with Crippen molar-refractivity contribution in [2.45, 2.75) is 19.4 Å². The van der Waals surface area contributed by atoms with Gasteiger partial charge in [0.15, 0.2) is 0 Å². The molecule has 2 amide bonds. The summed E-state index contributed by atoms with van der Waals surface area (Å²) in [5.41, 5.74) is 0.637. The third-order valence-electron chi connectivity index (χ3n) is 2.79. The Bertz CT molecular complexity index is 459. The quantitative estimate of drug-likeness (QED) is 0.747. The minimum atomic E-state index is -1.01. The van der Waals surface area contributed by atoms with Crippen LogP contribution in [0.4, 0.5) is 10.5 Å². The highest BCUT2D eigenvalue weighted by Crippen LogP contribution is 2.28. The minimum absolute atomic E-state index is 0.155. The first-order chi connectivity index (χ1) is 8.06. The van der Waals surface area contributed by atoms with E-state index < -0.39 is 5.97 Å². The van der Waals surface area contributed by atoms with Crippen molar-refractivity contribution in [1.29, 1.82) is 0 Å². The van der Waals surface area contributed by atoms with Crippen LogP contribution in [0, 0.1) is 5.92 Å². The normalized spacial score (nSPS) is 21.7. The molecule has 1 aromatic rings. The predicted molar refractivity (Wildman–Crippen MR) is 63.1 cm³/mol. The fourth-order valence-electron chi connectivity index (χ4n) is 1.59. The van der Waals surface area contributed by atoms with Gasteiger partial charge >= 0.3 is 12.0 Å². The lowest BCUT2D eigenvalue weighted by Gasteiger charge is -2.07. The number of rotatable bonds is 3. The molecule has 1 saturated carbocycles. The summed E-state index contributed by atoms with van der Waals surface area (Å²) >= 11 is 0. The molecular weight excluding hydrogens is 220 g/mol. The Balaban J connectivity index is 1.95. The van der Waals surface area contributed by atoms with Gasteiger partial charge in [0.1, 0.15) is 0 Å². The number of anilines is 1. The minimum Gasteiger partial charge on any atom is -0.478 e. The summed E-state index contributed by atoms with van der Waals surface area (Å²) in [6.45, 7) is 2.07. The number of hydrogen-bond donors (Lipinski definition) is 3. The van der Waals surface area contributed by atoms with Gasteiger partial charge in [-0.2, -0.15) is 0 Å². The van der Waals surface area contributed by atoms with Gasteiger partial charge < -0.3 is 15.7 Å². The summed E-state index contributed by atoms with van der Waals surface area (Å²) in [6.07, 6.45) is 1.00. The maximum absolute atomic E-state index is 11.5. The van der Waals surface area contributed by atoms with Gasteiger partial charge in [0, 0.05) is 11.7 Å². The molecular formula is C12H14N2O3. The lowest BCUT2D eigenvalue weighted by Crippen LogP contribution is -2.31. The molecule has 1 aromatic carbocycles. The Morgan fingerprint density at radius 3 is 2.71 bits per heavy atom. The molecule has 0 radical (unpaired) electrons. The molecule has 0 saturated heterocycles. The van der Waals surface area contributed by atoms with Gasteiger partial charge in [0.05, 0.1) is 5.56 Å². The first-order valence-electron chi connectivity index (χ1n) is 5.47. The fraction of sp³-hybridized carbons (Fsp3) is 0.333. The summed E-state index contributed by atoms with van der Waals surface area (Å²) in [7, 11) is 0. The summed E-state index contributed by atoms with van der Waals surface area (Å²) in [4.78, 5) is 22.3. The van der Waals surface area contributed by atoms with Crippen LogP contribution in [0.1, 0.15) is 23.7 Å². The van der Waals surface area contributed by atoms with Crippen molar-refractivity contribution in [2.24, 2.45) is 5.92 Å². The van der Waals surface area contributed by atoms with Crippen LogP contribution in [-0.2, 0) is 0 Å². The van der Waals surface area contributed by atoms with E-state index in [0.29, 0.717) is 11.6 Å². The number of hydrogen-bond acceptors (Lipinski definition) is 2. The van der Waals surface area contributed by atoms with Gasteiger partial charge in [-0.1, -0.05) is 13.0 Å². The number of carbonyl (C=O) groups is 2. The highest BCUT2D eigenvalue weighted by atomic mass is 16.4. The van der Waals surface area contributed by atoms with E-state index in [0.717, 1.165) is 6.42 Å². The standard InChI is InChI=1S/C12H14N2O3/c1-7-5-10(7)14-12(17)13-9-4-2-3-8(6-9)11(15)16/h2-4,6-7,10H,5H2,1H3,(H,15,16)(H2,13,14,17). The van der Waals surface area contributed by atoms with E-state index in [-0.39, 0.29) is 17.6 Å². The Labute approximate surface area is 98.8 Å². The molecule has 0 spiro atoms. The predicted octanol–water partition coefficient (Wildman–Crippen LogP) is 1.91. The van der Waals surface area contributed by atoms with Crippen molar-refractivity contribution >= 4 is 17.7 Å². The summed E-state index contributed by atoms with van der Waals surface area (Å²) in [6, 6.07) is 6.12. The van der Waals surface area contributed by atoms with Crippen molar-refractivity contribution in [3.8, 4) is 0 Å². The van der Waals surface area contributed by atoms with Gasteiger partial charge in [-0.15, -0.1) is 0 Å². The van der Waals surface area contributed by atoms with Crippen LogP contribution >= 0.6 is 0 Å². The number of benzene rings is 1. The molecule has 5 heteroatoms. The van der Waals surface area contributed by atoms with E-state index in [9.17, 15) is 9.59 Å². The number of aromatic carboxylic acids is 1. The third kappa shape index (κ3) is 2.96. The lowest BCUT2D eigenvalue weighted by molar-refractivity contribution is 0.0697. The number of carbonyl (C=O) groups excluding carboxylic acids is 1. The van der Waals surface area contributed by atoms with Crippen LogP contribution in [0.3, 0.4) is 0 Å². The van der Waals surface area contributed by atoms with Crippen molar-refractivity contribution < 1.29 is 14.7 Å². The molecule has 1 aliphatic carbocycles. The Morgan fingerprint density at radius 2 is 2.12 bits per heavy atom. The fourth-order valence-corrected chi connectivity index (χ4v) is 1.59. The molecule has 2 rings (SSSR count). The van der Waals surface area contributed by atoms with Gasteiger partial charge in [-0.3, -0.25) is 0 Å². The maximum Gasteiger partial charge on any atom is 0.335 e. The second kappa shape index (κ2) is 4.45. The molecule has 1 aliphatic rings. The Kier molecular flexibility index (Phi) is 2.99. The first kappa shape index (κ1) is 11.4. The highest BCUT2D eigenvalue weighted by Gasteiger charge is 2.33. The van der Waals surface area contributed by atoms with E-state index in [1.807, 2.05) is 0 Å². The van der Waals surface area contributed by atoms with Crippen LogP contribution in [0.15, 0.2) is 24.3 Å². The van der Waals surface area contributed by atoms with Crippen LogP contribution in [0.25, 0.3) is 0 Å². The monoisotopic (exact) mass is 234 g/mol. The van der Waals surface area contributed by atoms with E-state index in [2.05, 4.69) is 17.6 Å². The van der Waals surface area contributed by atoms with Crippen LogP contribution in [0.2, 0.25) is 0 Å². The number of urea groups is 1. The van der Waals surface area contributed by atoms with Crippen LogP contribution < -0.4 is 10.6 Å². The molecule has 2 unspecified atom stereocenters. The van der Waals surface area contributed by atoms with Crippen molar-refractivity contribution in [1.82, 2.24) is 5.32 Å². The van der Waals surface area contributed by atoms with E-state index in [1.54, 1.807) is 12.1 Å².